The van der Waals surface area contributed by atoms with Crippen molar-refractivity contribution in [3.05, 3.63) is 71.8 Å². The van der Waals surface area contributed by atoms with Crippen LogP contribution in [0.2, 0.25) is 0 Å². The number of hydrazone groups is 1. The lowest BCUT2D eigenvalue weighted by molar-refractivity contribution is 0.363. The Morgan fingerprint density at radius 3 is 2.25 bits per heavy atom. The highest BCUT2D eigenvalue weighted by atomic mass is 32.1. The molecule has 1 saturated heterocycles. The van der Waals surface area contributed by atoms with Crippen LogP contribution in [0.3, 0.4) is 0 Å². The standard InChI is InChI=1S/C19H22N4S/c1-13-16(22-23-19(20)24)12-17(14-8-4-2-5-9-14)21-18(13)15-10-6-3-7-11-15/h2-11,13,17-18,21H,12H2,1H3,(H3,20,23,24)/b22-16+. The van der Waals surface area contributed by atoms with Gasteiger partial charge in [-0.15, -0.1) is 0 Å². The summed E-state index contributed by atoms with van der Waals surface area (Å²) in [5.74, 6) is 0.245. The van der Waals surface area contributed by atoms with Gasteiger partial charge in [-0.3, -0.25) is 5.43 Å². The average molecular weight is 338 g/mol. The summed E-state index contributed by atoms with van der Waals surface area (Å²) in [6, 6.07) is 21.3. The molecule has 24 heavy (non-hydrogen) atoms. The van der Waals surface area contributed by atoms with Gasteiger partial charge >= 0.3 is 0 Å². The zero-order chi connectivity index (χ0) is 16.9. The summed E-state index contributed by atoms with van der Waals surface area (Å²) in [4.78, 5) is 0. The minimum Gasteiger partial charge on any atom is -0.375 e. The maximum absolute atomic E-state index is 5.54. The molecule has 4 nitrogen and oxygen atoms in total. The van der Waals surface area contributed by atoms with Crippen molar-refractivity contribution < 1.29 is 0 Å². The summed E-state index contributed by atoms with van der Waals surface area (Å²) >= 11 is 4.89. The van der Waals surface area contributed by atoms with Gasteiger partial charge in [0.05, 0.1) is 0 Å². The van der Waals surface area contributed by atoms with Gasteiger partial charge in [0.2, 0.25) is 0 Å². The van der Waals surface area contributed by atoms with Crippen molar-refractivity contribution in [2.75, 3.05) is 0 Å². The maximum Gasteiger partial charge on any atom is 0.184 e. The van der Waals surface area contributed by atoms with E-state index in [1.54, 1.807) is 0 Å². The monoisotopic (exact) mass is 338 g/mol. The average Bonchev–Trinajstić information content (AvgIpc) is 2.62. The van der Waals surface area contributed by atoms with Gasteiger partial charge in [0.1, 0.15) is 0 Å². The van der Waals surface area contributed by atoms with Gasteiger partial charge in [-0.2, -0.15) is 5.10 Å². The Balaban J connectivity index is 1.93. The summed E-state index contributed by atoms with van der Waals surface area (Å²) in [6.07, 6.45) is 0.824. The van der Waals surface area contributed by atoms with E-state index >= 15 is 0 Å². The first-order chi connectivity index (χ1) is 11.6. The molecule has 0 spiro atoms. The molecule has 3 atom stereocenters. The fraction of sp³-hybridized carbons (Fsp3) is 0.263. The zero-order valence-corrected chi connectivity index (χ0v) is 14.5. The molecule has 124 valence electrons. The second-order valence-corrected chi connectivity index (χ2v) is 6.53. The van der Waals surface area contributed by atoms with Gasteiger partial charge in [0.15, 0.2) is 5.11 Å². The number of rotatable bonds is 3. The molecule has 1 aliphatic rings. The summed E-state index contributed by atoms with van der Waals surface area (Å²) < 4.78 is 0. The Hall–Kier alpha value is -2.24. The molecule has 3 rings (SSSR count). The topological polar surface area (TPSA) is 62.4 Å². The van der Waals surface area contributed by atoms with Crippen LogP contribution in [0.15, 0.2) is 65.8 Å². The number of nitrogens with two attached hydrogens (primary N) is 1. The number of hydrogen-bond acceptors (Lipinski definition) is 3. The predicted molar refractivity (Wildman–Crippen MR) is 103 cm³/mol. The maximum atomic E-state index is 5.54. The Morgan fingerprint density at radius 2 is 1.67 bits per heavy atom. The quantitative estimate of drug-likeness (QED) is 0.594. The van der Waals surface area contributed by atoms with Crippen molar-refractivity contribution in [2.24, 2.45) is 16.8 Å². The van der Waals surface area contributed by atoms with Crippen molar-refractivity contribution in [1.82, 2.24) is 10.7 Å². The second kappa shape index (κ2) is 7.55. The van der Waals surface area contributed by atoms with Gasteiger partial charge < -0.3 is 11.1 Å². The minimum absolute atomic E-state index is 0.192. The van der Waals surface area contributed by atoms with Gasteiger partial charge in [-0.05, 0) is 23.3 Å². The summed E-state index contributed by atoms with van der Waals surface area (Å²) in [7, 11) is 0. The van der Waals surface area contributed by atoms with E-state index in [1.165, 1.54) is 11.1 Å². The van der Waals surface area contributed by atoms with Crippen LogP contribution < -0.4 is 16.5 Å². The molecule has 0 saturated carbocycles. The first-order valence-corrected chi connectivity index (χ1v) is 8.54. The van der Waals surface area contributed by atoms with E-state index in [1.807, 2.05) is 12.1 Å². The Bertz CT molecular complexity index is 715. The van der Waals surface area contributed by atoms with E-state index in [4.69, 9.17) is 18.0 Å². The highest BCUT2D eigenvalue weighted by Gasteiger charge is 2.33. The van der Waals surface area contributed by atoms with Crippen LogP contribution in [0.1, 0.15) is 36.6 Å². The number of hydrogen-bond donors (Lipinski definition) is 3. The number of benzene rings is 2. The van der Waals surface area contributed by atoms with E-state index in [-0.39, 0.29) is 23.1 Å². The number of thiocarbonyl (C=S) groups is 1. The van der Waals surface area contributed by atoms with E-state index in [2.05, 4.69) is 71.3 Å². The summed E-state index contributed by atoms with van der Waals surface area (Å²) in [6.45, 7) is 2.19. The normalized spacial score (nSPS) is 25.4. The third kappa shape index (κ3) is 3.80. The molecule has 0 radical (unpaired) electrons. The van der Waals surface area contributed by atoms with Crippen molar-refractivity contribution in [2.45, 2.75) is 25.4 Å². The smallest absolute Gasteiger partial charge is 0.184 e. The molecule has 2 aromatic carbocycles. The van der Waals surface area contributed by atoms with Crippen molar-refractivity contribution in [3.8, 4) is 0 Å². The fourth-order valence-electron chi connectivity index (χ4n) is 3.23. The van der Waals surface area contributed by atoms with E-state index < -0.39 is 0 Å². The molecule has 2 aromatic rings. The van der Waals surface area contributed by atoms with Crippen LogP contribution in [0.5, 0.6) is 0 Å². The SMILES string of the molecule is CC1/C(=N/NC(N)=S)CC(c2ccccc2)NC1c1ccccc1. The summed E-state index contributed by atoms with van der Waals surface area (Å²) in [5.41, 5.74) is 11.9. The van der Waals surface area contributed by atoms with Gasteiger partial charge in [-0.25, -0.2) is 0 Å². The van der Waals surface area contributed by atoms with Gasteiger partial charge in [0.25, 0.3) is 0 Å². The van der Waals surface area contributed by atoms with E-state index in [9.17, 15) is 0 Å². The molecule has 1 fully saturated rings. The largest absolute Gasteiger partial charge is 0.375 e. The van der Waals surface area contributed by atoms with Gasteiger partial charge in [0, 0.05) is 30.1 Å². The van der Waals surface area contributed by atoms with Crippen LogP contribution in [-0.2, 0) is 0 Å². The lowest BCUT2D eigenvalue weighted by atomic mass is 9.81. The van der Waals surface area contributed by atoms with Crippen LogP contribution >= 0.6 is 12.2 Å². The second-order valence-electron chi connectivity index (χ2n) is 6.09. The molecule has 1 aliphatic heterocycles. The molecule has 1 heterocycles. The lowest BCUT2D eigenvalue weighted by Gasteiger charge is -2.37. The highest BCUT2D eigenvalue weighted by Crippen LogP contribution is 2.35. The first kappa shape index (κ1) is 16.6. The minimum atomic E-state index is 0.192. The molecular weight excluding hydrogens is 316 g/mol. The fourth-order valence-corrected chi connectivity index (χ4v) is 3.27. The molecule has 4 N–H and O–H groups in total. The molecule has 0 aromatic heterocycles. The van der Waals surface area contributed by atoms with Crippen molar-refractivity contribution in [3.63, 3.8) is 0 Å². The van der Waals surface area contributed by atoms with Crippen LogP contribution in [-0.4, -0.2) is 10.8 Å². The first-order valence-electron chi connectivity index (χ1n) is 8.13. The zero-order valence-electron chi connectivity index (χ0n) is 13.6. The van der Waals surface area contributed by atoms with Crippen LogP contribution in [0.25, 0.3) is 0 Å². The Labute approximate surface area is 148 Å². The number of piperidine rings is 1. The van der Waals surface area contributed by atoms with Crippen LogP contribution in [0, 0.1) is 5.92 Å². The lowest BCUT2D eigenvalue weighted by Crippen LogP contribution is -2.42. The van der Waals surface area contributed by atoms with E-state index in [0.717, 1.165) is 12.1 Å². The van der Waals surface area contributed by atoms with E-state index in [0.29, 0.717) is 0 Å². The molecule has 0 aliphatic carbocycles. The van der Waals surface area contributed by atoms with Crippen molar-refractivity contribution in [1.29, 1.82) is 0 Å². The highest BCUT2D eigenvalue weighted by molar-refractivity contribution is 7.80. The third-order valence-electron chi connectivity index (χ3n) is 4.49. The Kier molecular flexibility index (Phi) is 5.23. The molecule has 5 heteroatoms. The molecule has 3 unspecified atom stereocenters. The van der Waals surface area contributed by atoms with Gasteiger partial charge in [-0.1, -0.05) is 67.6 Å². The predicted octanol–water partition coefficient (Wildman–Crippen LogP) is 3.29. The molecular formula is C19H22N4S. The van der Waals surface area contributed by atoms with Crippen molar-refractivity contribution >= 4 is 23.0 Å². The number of nitrogens with one attached hydrogen (secondary N) is 2. The molecule has 0 bridgehead atoms. The third-order valence-corrected chi connectivity index (χ3v) is 4.58. The Morgan fingerprint density at radius 1 is 1.08 bits per heavy atom. The summed E-state index contributed by atoms with van der Waals surface area (Å²) in [5, 5.41) is 8.45. The van der Waals surface area contributed by atoms with Crippen LogP contribution in [0.4, 0.5) is 0 Å². The number of nitrogens with zero attached hydrogens (tertiary/aromatic N) is 1. The molecule has 0 amide bonds.